The van der Waals surface area contributed by atoms with Crippen LogP contribution in [0.3, 0.4) is 0 Å². The van der Waals surface area contributed by atoms with Crippen molar-refractivity contribution in [2.24, 2.45) is 0 Å². The summed E-state index contributed by atoms with van der Waals surface area (Å²) in [5, 5.41) is 0. The van der Waals surface area contributed by atoms with E-state index < -0.39 is 6.10 Å². The second kappa shape index (κ2) is 58.4. The Balaban J connectivity index is 4.42. The van der Waals surface area contributed by atoms with Crippen LogP contribution in [0.5, 0.6) is 0 Å². The molecule has 1 unspecified atom stereocenters. The van der Waals surface area contributed by atoms with E-state index in [1.807, 2.05) is 0 Å². The van der Waals surface area contributed by atoms with Gasteiger partial charge < -0.3 is 14.2 Å². The lowest BCUT2D eigenvalue weighted by molar-refractivity contribution is -0.167. The Labute approximate surface area is 433 Å². The quantitative estimate of drug-likeness (QED) is 0.0261. The minimum Gasteiger partial charge on any atom is -0.462 e. The summed E-state index contributed by atoms with van der Waals surface area (Å²) in [6.07, 6.45) is 74.8. The predicted octanol–water partition coefficient (Wildman–Crippen LogP) is 20.2. The Hall–Kier alpha value is -3.15. The van der Waals surface area contributed by atoms with Gasteiger partial charge in [0.15, 0.2) is 6.10 Å². The van der Waals surface area contributed by atoms with Crippen LogP contribution in [-0.4, -0.2) is 37.2 Å². The van der Waals surface area contributed by atoms with E-state index in [1.54, 1.807) is 0 Å². The van der Waals surface area contributed by atoms with Crippen LogP contribution >= 0.6 is 0 Å². The van der Waals surface area contributed by atoms with Crippen molar-refractivity contribution < 1.29 is 28.6 Å². The highest BCUT2D eigenvalue weighted by molar-refractivity contribution is 5.71. The summed E-state index contributed by atoms with van der Waals surface area (Å²) in [5.41, 5.74) is 0. The second-order valence-corrected chi connectivity index (χ2v) is 19.9. The molecule has 0 rings (SSSR count). The first-order chi connectivity index (χ1) is 34.5. The zero-order valence-corrected chi connectivity index (χ0v) is 46.3. The zero-order valence-electron chi connectivity index (χ0n) is 46.3. The lowest BCUT2D eigenvalue weighted by atomic mass is 10.0. The van der Waals surface area contributed by atoms with Gasteiger partial charge in [0.2, 0.25) is 0 Å². The summed E-state index contributed by atoms with van der Waals surface area (Å²) in [7, 11) is 0. The number of rotatable bonds is 54. The number of esters is 3. The molecule has 6 heteroatoms. The average molecular weight is 978 g/mol. The van der Waals surface area contributed by atoms with Gasteiger partial charge in [-0.05, 0) is 83.5 Å². The van der Waals surface area contributed by atoms with Gasteiger partial charge in [-0.3, -0.25) is 14.4 Å². The summed E-state index contributed by atoms with van der Waals surface area (Å²) >= 11 is 0. The third-order valence-corrected chi connectivity index (χ3v) is 12.9. The molecule has 0 aromatic rings. The molecule has 404 valence electrons. The van der Waals surface area contributed by atoms with Crippen molar-refractivity contribution >= 4 is 17.9 Å². The van der Waals surface area contributed by atoms with Crippen LogP contribution in [0.4, 0.5) is 0 Å². The van der Waals surface area contributed by atoms with Crippen LogP contribution < -0.4 is 0 Å². The van der Waals surface area contributed by atoms with E-state index in [4.69, 9.17) is 14.2 Å². The molecule has 0 aliphatic carbocycles. The van der Waals surface area contributed by atoms with Crippen molar-refractivity contribution in [1.82, 2.24) is 0 Å². The number of ether oxygens (including phenoxy) is 3. The van der Waals surface area contributed by atoms with Crippen LogP contribution in [0.15, 0.2) is 72.9 Å². The van der Waals surface area contributed by atoms with Crippen molar-refractivity contribution in [3.63, 3.8) is 0 Å². The standard InChI is InChI=1S/C64H112O6/c1-4-7-10-13-16-19-22-25-28-30-31-32-34-36-39-42-45-48-51-54-57-63(66)69-60-61(59-68-62(65)56-53-50-47-44-41-38-35-27-24-21-18-15-12-9-6-3)70-64(67)58-55-52-49-46-43-40-37-33-29-26-23-20-17-14-11-8-5-2/h8,11,17,20,26-27,29,35,37,40,46,49,61H,4-7,9-10,12-16,18-19,21-25,28,30-34,36,38-39,41-45,47-48,50-60H2,1-3H3/b11-8-,20-17-,29-26-,35-27-,40-37-,49-46-. The van der Waals surface area contributed by atoms with Crippen molar-refractivity contribution in [3.8, 4) is 0 Å². The summed E-state index contributed by atoms with van der Waals surface area (Å²) in [6, 6.07) is 0. The Morgan fingerprint density at radius 2 is 0.571 bits per heavy atom. The average Bonchev–Trinajstić information content (AvgIpc) is 3.36. The van der Waals surface area contributed by atoms with Gasteiger partial charge in [0.25, 0.3) is 0 Å². The van der Waals surface area contributed by atoms with Crippen molar-refractivity contribution in [2.75, 3.05) is 13.2 Å². The van der Waals surface area contributed by atoms with Gasteiger partial charge in [0.05, 0.1) is 0 Å². The molecule has 0 aromatic heterocycles. The van der Waals surface area contributed by atoms with Crippen LogP contribution in [0.2, 0.25) is 0 Å². The molecule has 0 N–H and O–H groups in total. The largest absolute Gasteiger partial charge is 0.462 e. The SMILES string of the molecule is CC/C=C\C/C=C\C/C=C\C/C=C\C/C=C\CCCC(=O)OC(COC(=O)CCCCCCC/C=C\CCCCCCCC)COC(=O)CCCCCCCCCCCCCCCCCCCCCC. The van der Waals surface area contributed by atoms with Gasteiger partial charge in [-0.25, -0.2) is 0 Å². The summed E-state index contributed by atoms with van der Waals surface area (Å²) in [4.78, 5) is 38.2. The maximum atomic E-state index is 12.8. The number of carbonyl (C=O) groups is 3. The smallest absolute Gasteiger partial charge is 0.306 e. The molecule has 0 aromatic carbocycles. The number of hydrogen-bond acceptors (Lipinski definition) is 6. The number of hydrogen-bond donors (Lipinski definition) is 0. The van der Waals surface area contributed by atoms with Gasteiger partial charge in [-0.2, -0.15) is 0 Å². The van der Waals surface area contributed by atoms with Crippen LogP contribution in [0.25, 0.3) is 0 Å². The van der Waals surface area contributed by atoms with E-state index in [2.05, 4.69) is 93.7 Å². The fourth-order valence-corrected chi connectivity index (χ4v) is 8.47. The Bertz CT molecular complexity index is 1310. The lowest BCUT2D eigenvalue weighted by Crippen LogP contribution is -2.30. The van der Waals surface area contributed by atoms with E-state index in [0.717, 1.165) is 83.5 Å². The molecule has 0 radical (unpaired) electrons. The van der Waals surface area contributed by atoms with E-state index >= 15 is 0 Å². The number of carbonyl (C=O) groups excluding carboxylic acids is 3. The van der Waals surface area contributed by atoms with Crippen LogP contribution in [0.1, 0.15) is 297 Å². The van der Waals surface area contributed by atoms with Crippen molar-refractivity contribution in [1.29, 1.82) is 0 Å². The normalized spacial score (nSPS) is 12.6. The number of allylic oxidation sites excluding steroid dienone is 12. The zero-order chi connectivity index (χ0) is 50.7. The Morgan fingerprint density at radius 3 is 0.929 bits per heavy atom. The van der Waals surface area contributed by atoms with Crippen LogP contribution in [-0.2, 0) is 28.6 Å². The molecular formula is C64H112O6. The Kier molecular flexibility index (Phi) is 55.8. The molecule has 0 aliphatic heterocycles. The van der Waals surface area contributed by atoms with Gasteiger partial charge >= 0.3 is 17.9 Å². The molecule has 0 saturated carbocycles. The van der Waals surface area contributed by atoms with Gasteiger partial charge in [0.1, 0.15) is 13.2 Å². The predicted molar refractivity (Wildman–Crippen MR) is 302 cm³/mol. The molecule has 0 fully saturated rings. The third kappa shape index (κ3) is 55.8. The highest BCUT2D eigenvalue weighted by Crippen LogP contribution is 2.16. The third-order valence-electron chi connectivity index (χ3n) is 12.9. The van der Waals surface area contributed by atoms with E-state index in [9.17, 15) is 14.4 Å². The molecule has 70 heavy (non-hydrogen) atoms. The van der Waals surface area contributed by atoms with E-state index in [-0.39, 0.29) is 37.5 Å². The first kappa shape index (κ1) is 66.9. The molecular weight excluding hydrogens is 865 g/mol. The fourth-order valence-electron chi connectivity index (χ4n) is 8.47. The molecule has 0 amide bonds. The van der Waals surface area contributed by atoms with Gasteiger partial charge in [0, 0.05) is 19.3 Å². The molecule has 0 aliphatic rings. The van der Waals surface area contributed by atoms with Crippen molar-refractivity contribution in [3.05, 3.63) is 72.9 Å². The summed E-state index contributed by atoms with van der Waals surface area (Å²) in [6.45, 7) is 6.50. The molecule has 0 heterocycles. The maximum Gasteiger partial charge on any atom is 0.306 e. The topological polar surface area (TPSA) is 78.9 Å². The second-order valence-electron chi connectivity index (χ2n) is 19.9. The van der Waals surface area contributed by atoms with Gasteiger partial charge in [-0.15, -0.1) is 0 Å². The van der Waals surface area contributed by atoms with E-state index in [0.29, 0.717) is 19.3 Å². The highest BCUT2D eigenvalue weighted by atomic mass is 16.6. The number of unbranched alkanes of at least 4 members (excludes halogenated alkanes) is 31. The maximum absolute atomic E-state index is 12.8. The van der Waals surface area contributed by atoms with Crippen LogP contribution in [0, 0.1) is 0 Å². The highest BCUT2D eigenvalue weighted by Gasteiger charge is 2.19. The summed E-state index contributed by atoms with van der Waals surface area (Å²) < 4.78 is 16.8. The minimum atomic E-state index is -0.807. The van der Waals surface area contributed by atoms with Gasteiger partial charge in [-0.1, -0.05) is 267 Å². The molecule has 0 bridgehead atoms. The first-order valence-corrected chi connectivity index (χ1v) is 29.9. The molecule has 0 spiro atoms. The lowest BCUT2D eigenvalue weighted by Gasteiger charge is -2.18. The fraction of sp³-hybridized carbons (Fsp3) is 0.766. The Morgan fingerprint density at radius 1 is 0.300 bits per heavy atom. The van der Waals surface area contributed by atoms with Crippen molar-refractivity contribution in [2.45, 2.75) is 303 Å². The molecule has 1 atom stereocenters. The summed E-state index contributed by atoms with van der Waals surface area (Å²) in [5.74, 6) is -0.954. The van der Waals surface area contributed by atoms with E-state index in [1.165, 1.54) is 167 Å². The first-order valence-electron chi connectivity index (χ1n) is 29.9. The minimum absolute atomic E-state index is 0.0980. The molecule has 6 nitrogen and oxygen atoms in total. The monoisotopic (exact) mass is 977 g/mol. The molecule has 0 saturated heterocycles.